The number of allylic oxidation sites excluding steroid dienone is 3. The van der Waals surface area contributed by atoms with Gasteiger partial charge in [0.1, 0.15) is 0 Å². The molecular weight excluding hydrogens is 360 g/mol. The number of rotatable bonds is 6. The van der Waals surface area contributed by atoms with Crippen LogP contribution in [0.25, 0.3) is 0 Å². The van der Waals surface area contributed by atoms with Gasteiger partial charge in [-0.3, -0.25) is 0 Å². The second-order valence-corrected chi connectivity index (χ2v) is 11.3. The summed E-state index contributed by atoms with van der Waals surface area (Å²) in [6, 6.07) is 0. The highest BCUT2D eigenvalue weighted by molar-refractivity contribution is 5.26. The topological polar surface area (TPSA) is 60.7 Å². The van der Waals surface area contributed by atoms with E-state index in [-0.39, 0.29) is 12.2 Å². The Morgan fingerprint density at radius 2 is 1.83 bits per heavy atom. The zero-order valence-electron chi connectivity index (χ0n) is 19.2. The molecule has 0 spiro atoms. The molecule has 0 saturated heterocycles. The molecular formula is C26H44O3. The van der Waals surface area contributed by atoms with E-state index >= 15 is 0 Å². The summed E-state index contributed by atoms with van der Waals surface area (Å²) in [5, 5.41) is 29.9. The Balaban J connectivity index is 1.66. The number of fused-ring (bicyclic) bond motifs is 1. The highest BCUT2D eigenvalue weighted by atomic mass is 16.3. The molecule has 3 N–H and O–H groups in total. The lowest BCUT2D eigenvalue weighted by Gasteiger charge is -2.44. The Morgan fingerprint density at radius 1 is 1.14 bits per heavy atom. The lowest BCUT2D eigenvalue weighted by atomic mass is 9.60. The smallest absolute Gasteiger partial charge is 0.0602 e. The average Bonchev–Trinajstić information content (AvgIpc) is 2.95. The van der Waals surface area contributed by atoms with Gasteiger partial charge in [-0.15, -0.1) is 0 Å². The van der Waals surface area contributed by atoms with E-state index in [4.69, 9.17) is 0 Å². The van der Waals surface area contributed by atoms with Crippen molar-refractivity contribution in [3.8, 4) is 0 Å². The summed E-state index contributed by atoms with van der Waals surface area (Å²) >= 11 is 0. The van der Waals surface area contributed by atoms with E-state index in [0.29, 0.717) is 36.5 Å². The third-order valence-corrected chi connectivity index (χ3v) is 8.25. The number of aliphatic hydroxyl groups excluding tert-OH is 2. The van der Waals surface area contributed by atoms with Gasteiger partial charge in [0.05, 0.1) is 17.8 Å². The first-order chi connectivity index (χ1) is 13.6. The van der Waals surface area contributed by atoms with Gasteiger partial charge in [0.25, 0.3) is 0 Å². The van der Waals surface area contributed by atoms with E-state index in [2.05, 4.69) is 26.0 Å². The largest absolute Gasteiger partial charge is 0.393 e. The molecule has 3 aliphatic rings. The fourth-order valence-corrected chi connectivity index (χ4v) is 6.80. The van der Waals surface area contributed by atoms with Gasteiger partial charge in [-0.05, 0) is 94.8 Å². The summed E-state index contributed by atoms with van der Waals surface area (Å²) in [5.41, 5.74) is 2.66. The van der Waals surface area contributed by atoms with E-state index < -0.39 is 5.60 Å². The van der Waals surface area contributed by atoms with E-state index in [0.717, 1.165) is 18.8 Å². The van der Waals surface area contributed by atoms with Gasteiger partial charge < -0.3 is 15.3 Å². The molecule has 0 aromatic rings. The fourth-order valence-electron chi connectivity index (χ4n) is 6.80. The molecule has 0 amide bonds. The van der Waals surface area contributed by atoms with E-state index in [9.17, 15) is 15.3 Å². The van der Waals surface area contributed by atoms with Gasteiger partial charge in [0.2, 0.25) is 0 Å². The lowest BCUT2D eigenvalue weighted by Crippen LogP contribution is -2.36. The minimum Gasteiger partial charge on any atom is -0.393 e. The molecule has 3 heteroatoms. The summed E-state index contributed by atoms with van der Waals surface area (Å²) in [4.78, 5) is 0. The Morgan fingerprint density at radius 3 is 2.48 bits per heavy atom. The average molecular weight is 405 g/mol. The molecule has 3 nitrogen and oxygen atoms in total. The summed E-state index contributed by atoms with van der Waals surface area (Å²) in [6.07, 6.45) is 15.4. The second kappa shape index (κ2) is 9.24. The number of aliphatic hydroxyl groups is 3. The van der Waals surface area contributed by atoms with Gasteiger partial charge in [0, 0.05) is 0 Å². The molecule has 0 heterocycles. The predicted molar refractivity (Wildman–Crippen MR) is 120 cm³/mol. The van der Waals surface area contributed by atoms with Crippen LogP contribution in [-0.2, 0) is 0 Å². The SMILES string of the molecule is C[C@H](CCCC(C)(C)O)[C@H]1CCC2/C(=C/C=C3CC(O)C[C@H](O)C3)CCC[C@@]21C. The van der Waals surface area contributed by atoms with Crippen LogP contribution in [0.15, 0.2) is 23.3 Å². The molecule has 166 valence electrons. The van der Waals surface area contributed by atoms with Crippen molar-refractivity contribution in [1.82, 2.24) is 0 Å². The minimum absolute atomic E-state index is 0.388. The van der Waals surface area contributed by atoms with Crippen LogP contribution in [0.2, 0.25) is 0 Å². The molecule has 3 fully saturated rings. The van der Waals surface area contributed by atoms with Crippen LogP contribution in [0.1, 0.15) is 98.3 Å². The second-order valence-electron chi connectivity index (χ2n) is 11.3. The third-order valence-electron chi connectivity index (χ3n) is 8.25. The normalized spacial score (nSPS) is 39.7. The first-order valence-electron chi connectivity index (χ1n) is 12.1. The fraction of sp³-hybridized carbons (Fsp3) is 0.846. The molecule has 3 aliphatic carbocycles. The van der Waals surface area contributed by atoms with Gasteiger partial charge >= 0.3 is 0 Å². The Hall–Kier alpha value is -0.640. The van der Waals surface area contributed by atoms with Crippen LogP contribution in [-0.4, -0.2) is 33.1 Å². The maximum atomic E-state index is 10.0. The molecule has 29 heavy (non-hydrogen) atoms. The molecule has 3 saturated carbocycles. The molecule has 0 aromatic heterocycles. The van der Waals surface area contributed by atoms with Crippen molar-refractivity contribution >= 4 is 0 Å². The monoisotopic (exact) mass is 404 g/mol. The zero-order valence-corrected chi connectivity index (χ0v) is 19.2. The van der Waals surface area contributed by atoms with Gasteiger partial charge in [-0.1, -0.05) is 50.0 Å². The highest BCUT2D eigenvalue weighted by Gasteiger charge is 2.50. The van der Waals surface area contributed by atoms with Crippen molar-refractivity contribution in [3.63, 3.8) is 0 Å². The Kier molecular flexibility index (Phi) is 7.34. The van der Waals surface area contributed by atoms with Crippen LogP contribution >= 0.6 is 0 Å². The molecule has 0 aromatic carbocycles. The van der Waals surface area contributed by atoms with Crippen LogP contribution in [0.3, 0.4) is 0 Å². The minimum atomic E-state index is -0.545. The number of hydrogen-bond donors (Lipinski definition) is 3. The van der Waals surface area contributed by atoms with Crippen molar-refractivity contribution in [2.45, 2.75) is 116 Å². The summed E-state index contributed by atoms with van der Waals surface area (Å²) in [7, 11) is 0. The Bertz CT molecular complexity index is 602. The first-order valence-corrected chi connectivity index (χ1v) is 12.1. The molecule has 6 atom stereocenters. The van der Waals surface area contributed by atoms with E-state index in [1.807, 2.05) is 13.8 Å². The summed E-state index contributed by atoms with van der Waals surface area (Å²) in [5.74, 6) is 2.19. The van der Waals surface area contributed by atoms with Crippen LogP contribution in [0.5, 0.6) is 0 Å². The van der Waals surface area contributed by atoms with Crippen molar-refractivity contribution in [3.05, 3.63) is 23.3 Å². The van der Waals surface area contributed by atoms with Gasteiger partial charge in [-0.2, -0.15) is 0 Å². The number of hydrogen-bond acceptors (Lipinski definition) is 3. The molecule has 0 aliphatic heterocycles. The van der Waals surface area contributed by atoms with E-state index in [1.165, 1.54) is 44.1 Å². The first kappa shape index (κ1) is 23.0. The highest BCUT2D eigenvalue weighted by Crippen LogP contribution is 2.59. The molecule has 3 rings (SSSR count). The van der Waals surface area contributed by atoms with Gasteiger partial charge in [0.15, 0.2) is 0 Å². The maximum absolute atomic E-state index is 10.0. The molecule has 0 radical (unpaired) electrons. The third kappa shape index (κ3) is 5.74. The van der Waals surface area contributed by atoms with Crippen LogP contribution < -0.4 is 0 Å². The molecule has 2 unspecified atom stereocenters. The zero-order chi connectivity index (χ0) is 21.2. The predicted octanol–water partition coefficient (Wildman–Crippen LogP) is 5.54. The maximum Gasteiger partial charge on any atom is 0.0602 e. The van der Waals surface area contributed by atoms with E-state index in [1.54, 1.807) is 5.57 Å². The standard InChI is InChI=1S/C26H44O3/c1-18(7-5-13-25(2,3)29)23-11-12-24-20(8-6-14-26(23,24)4)10-9-19-15-21(27)17-22(28)16-19/h9-10,18,21-24,27-29H,5-8,11-17H2,1-4H3/b19-9?,20-10+/t18-,21-,22?,23-,24?,26-/m1/s1. The quantitative estimate of drug-likeness (QED) is 0.545. The molecule has 0 bridgehead atoms. The van der Waals surface area contributed by atoms with Crippen LogP contribution in [0.4, 0.5) is 0 Å². The van der Waals surface area contributed by atoms with Crippen molar-refractivity contribution in [2.24, 2.45) is 23.2 Å². The van der Waals surface area contributed by atoms with Crippen molar-refractivity contribution < 1.29 is 15.3 Å². The van der Waals surface area contributed by atoms with Crippen molar-refractivity contribution in [1.29, 1.82) is 0 Å². The van der Waals surface area contributed by atoms with Gasteiger partial charge in [-0.25, -0.2) is 0 Å². The van der Waals surface area contributed by atoms with Crippen molar-refractivity contribution in [2.75, 3.05) is 0 Å². The summed E-state index contributed by atoms with van der Waals surface area (Å²) < 4.78 is 0. The van der Waals surface area contributed by atoms with Crippen LogP contribution in [0, 0.1) is 23.2 Å². The summed E-state index contributed by atoms with van der Waals surface area (Å²) in [6.45, 7) is 8.81. The lowest BCUT2D eigenvalue weighted by molar-refractivity contribution is 0.0591. The Labute approximate surface area is 178 Å².